The Balaban J connectivity index is 3.70. The van der Waals surface area contributed by atoms with E-state index in [0.29, 0.717) is 11.9 Å². The summed E-state index contributed by atoms with van der Waals surface area (Å²) in [5.74, 6) is 0. The van der Waals surface area contributed by atoms with Gasteiger partial charge in [-0.3, -0.25) is 9.59 Å². The molecule has 0 bridgehead atoms. The lowest BCUT2D eigenvalue weighted by atomic mass is 10.1. The van der Waals surface area contributed by atoms with Gasteiger partial charge >= 0.3 is 0 Å². The fourth-order valence-corrected chi connectivity index (χ4v) is 0.650. The molecule has 0 aromatic carbocycles. The predicted octanol–water partition coefficient (Wildman–Crippen LogP) is 1.50. The number of unbranched alkanes of at least 4 members (excludes halogenated alkanes) is 1. The van der Waals surface area contributed by atoms with Crippen molar-refractivity contribution in [2.45, 2.75) is 26.2 Å². The maximum atomic E-state index is 10.2. The Morgan fingerprint density at radius 3 is 2.50 bits per heavy atom. The molecule has 0 heterocycles. The predicted molar refractivity (Wildman–Crippen MR) is 39.7 cm³/mol. The summed E-state index contributed by atoms with van der Waals surface area (Å²) in [6.45, 7) is 2.04. The van der Waals surface area contributed by atoms with Gasteiger partial charge in [-0.05, 0) is 24.5 Å². The lowest BCUT2D eigenvalue weighted by Crippen LogP contribution is -1.85. The zero-order valence-electron chi connectivity index (χ0n) is 6.17. The van der Waals surface area contributed by atoms with Gasteiger partial charge in [0.1, 0.15) is 12.6 Å². The monoisotopic (exact) mass is 140 g/mol. The number of aldehydes is 2. The van der Waals surface area contributed by atoms with Crippen LogP contribution in [0.15, 0.2) is 11.6 Å². The molecule has 0 radical (unpaired) electrons. The minimum absolute atomic E-state index is 0.594. The zero-order valence-corrected chi connectivity index (χ0v) is 6.17. The molecule has 56 valence electrons. The third-order valence-electron chi connectivity index (χ3n) is 1.25. The van der Waals surface area contributed by atoms with E-state index in [0.717, 1.165) is 25.5 Å². The highest BCUT2D eigenvalue weighted by atomic mass is 16.1. The molecule has 0 aromatic heterocycles. The van der Waals surface area contributed by atoms with Crippen LogP contribution in [-0.2, 0) is 9.59 Å². The Labute approximate surface area is 60.9 Å². The van der Waals surface area contributed by atoms with Gasteiger partial charge in [0.2, 0.25) is 0 Å². The molecule has 0 saturated heterocycles. The Bertz CT molecular complexity index is 136. The molecule has 0 atom stereocenters. The van der Waals surface area contributed by atoms with Crippen molar-refractivity contribution in [3.63, 3.8) is 0 Å². The fraction of sp³-hybridized carbons (Fsp3) is 0.500. The first-order chi connectivity index (χ1) is 4.85. The molecule has 2 heteroatoms. The van der Waals surface area contributed by atoms with Crippen LogP contribution in [0.25, 0.3) is 0 Å². The topological polar surface area (TPSA) is 34.1 Å². The summed E-state index contributed by atoms with van der Waals surface area (Å²) >= 11 is 0. The van der Waals surface area contributed by atoms with E-state index in [-0.39, 0.29) is 0 Å². The van der Waals surface area contributed by atoms with Crippen LogP contribution >= 0.6 is 0 Å². The number of rotatable bonds is 5. The molecule has 0 saturated carbocycles. The first kappa shape index (κ1) is 9.08. The van der Waals surface area contributed by atoms with Crippen molar-refractivity contribution in [1.29, 1.82) is 0 Å². The molecule has 2 nitrogen and oxygen atoms in total. The van der Waals surface area contributed by atoms with Crippen LogP contribution in [0, 0.1) is 0 Å². The molecule has 10 heavy (non-hydrogen) atoms. The van der Waals surface area contributed by atoms with E-state index in [1.54, 1.807) is 0 Å². The highest BCUT2D eigenvalue weighted by Gasteiger charge is 1.91. The van der Waals surface area contributed by atoms with E-state index < -0.39 is 0 Å². The second-order valence-corrected chi connectivity index (χ2v) is 2.10. The Morgan fingerprint density at radius 1 is 1.40 bits per heavy atom. The smallest absolute Gasteiger partial charge is 0.146 e. The molecule has 0 aliphatic carbocycles. The van der Waals surface area contributed by atoms with E-state index in [1.807, 2.05) is 6.92 Å². The van der Waals surface area contributed by atoms with Crippen molar-refractivity contribution in [2.24, 2.45) is 0 Å². The van der Waals surface area contributed by atoms with Gasteiger partial charge in [-0.1, -0.05) is 13.3 Å². The van der Waals surface area contributed by atoms with Crippen LogP contribution in [0.2, 0.25) is 0 Å². The quantitative estimate of drug-likeness (QED) is 0.428. The summed E-state index contributed by atoms with van der Waals surface area (Å²) in [5, 5.41) is 0. The highest BCUT2D eigenvalue weighted by Crippen LogP contribution is 2.02. The lowest BCUT2D eigenvalue weighted by molar-refractivity contribution is -0.106. The molecule has 0 aliphatic rings. The van der Waals surface area contributed by atoms with Gasteiger partial charge in [0.25, 0.3) is 0 Å². The molecule has 0 spiro atoms. The Morgan fingerprint density at radius 2 is 2.10 bits per heavy atom. The average Bonchev–Trinajstić information content (AvgIpc) is 1.98. The number of allylic oxidation sites excluding steroid dienone is 2. The summed E-state index contributed by atoms with van der Waals surface area (Å²) in [6, 6.07) is 0. The van der Waals surface area contributed by atoms with Crippen molar-refractivity contribution in [3.8, 4) is 0 Å². The standard InChI is InChI=1S/C8H12O2/c1-2-3-4-8(7-10)5-6-9/h5-7H,2-4H2,1H3. The lowest BCUT2D eigenvalue weighted by Gasteiger charge is -1.93. The SMILES string of the molecule is CCCCC(C=O)=CC=O. The van der Waals surface area contributed by atoms with Gasteiger partial charge in [0.15, 0.2) is 0 Å². The largest absolute Gasteiger partial charge is 0.299 e. The van der Waals surface area contributed by atoms with E-state index in [9.17, 15) is 9.59 Å². The van der Waals surface area contributed by atoms with Gasteiger partial charge < -0.3 is 0 Å². The van der Waals surface area contributed by atoms with Gasteiger partial charge in [0, 0.05) is 0 Å². The molecule has 0 aromatic rings. The van der Waals surface area contributed by atoms with Gasteiger partial charge in [-0.15, -0.1) is 0 Å². The van der Waals surface area contributed by atoms with Crippen LogP contribution in [0.3, 0.4) is 0 Å². The van der Waals surface area contributed by atoms with Crippen molar-refractivity contribution >= 4 is 12.6 Å². The van der Waals surface area contributed by atoms with Crippen LogP contribution < -0.4 is 0 Å². The second kappa shape index (κ2) is 6.20. The Hall–Kier alpha value is -0.920. The summed E-state index contributed by atoms with van der Waals surface area (Å²) in [4.78, 5) is 20.1. The first-order valence-electron chi connectivity index (χ1n) is 3.44. The molecule has 0 unspecified atom stereocenters. The maximum absolute atomic E-state index is 10.2. The average molecular weight is 140 g/mol. The van der Waals surface area contributed by atoms with Crippen molar-refractivity contribution in [1.82, 2.24) is 0 Å². The number of carbonyl (C=O) groups excluding carboxylic acids is 2. The van der Waals surface area contributed by atoms with Crippen molar-refractivity contribution in [3.05, 3.63) is 11.6 Å². The molecular formula is C8H12O2. The molecular weight excluding hydrogens is 128 g/mol. The third-order valence-corrected chi connectivity index (χ3v) is 1.25. The second-order valence-electron chi connectivity index (χ2n) is 2.10. The molecule has 0 amide bonds. The van der Waals surface area contributed by atoms with Crippen LogP contribution in [0.1, 0.15) is 26.2 Å². The summed E-state index contributed by atoms with van der Waals surface area (Å²) in [6.07, 6.45) is 5.45. The molecule has 0 rings (SSSR count). The molecule has 0 aliphatic heterocycles. The fourth-order valence-electron chi connectivity index (χ4n) is 0.650. The minimum Gasteiger partial charge on any atom is -0.299 e. The van der Waals surface area contributed by atoms with Gasteiger partial charge in [0.05, 0.1) is 0 Å². The van der Waals surface area contributed by atoms with Gasteiger partial charge in [-0.2, -0.15) is 0 Å². The minimum atomic E-state index is 0.594. The first-order valence-corrected chi connectivity index (χ1v) is 3.44. The van der Waals surface area contributed by atoms with Crippen molar-refractivity contribution in [2.75, 3.05) is 0 Å². The summed E-state index contributed by atoms with van der Waals surface area (Å²) < 4.78 is 0. The highest BCUT2D eigenvalue weighted by molar-refractivity contribution is 5.81. The summed E-state index contributed by atoms with van der Waals surface area (Å²) in [5.41, 5.74) is 0.594. The zero-order chi connectivity index (χ0) is 7.82. The van der Waals surface area contributed by atoms with Crippen molar-refractivity contribution < 1.29 is 9.59 Å². The molecule has 0 N–H and O–H groups in total. The van der Waals surface area contributed by atoms with E-state index in [4.69, 9.17) is 0 Å². The van der Waals surface area contributed by atoms with Crippen LogP contribution in [0.5, 0.6) is 0 Å². The maximum Gasteiger partial charge on any atom is 0.146 e. The van der Waals surface area contributed by atoms with Crippen LogP contribution in [0.4, 0.5) is 0 Å². The number of carbonyl (C=O) groups is 2. The molecule has 0 fully saturated rings. The Kier molecular flexibility index (Phi) is 5.63. The van der Waals surface area contributed by atoms with E-state index in [1.165, 1.54) is 6.08 Å². The van der Waals surface area contributed by atoms with Gasteiger partial charge in [-0.25, -0.2) is 0 Å². The van der Waals surface area contributed by atoms with E-state index in [2.05, 4.69) is 0 Å². The number of hydrogen-bond donors (Lipinski definition) is 0. The number of hydrogen-bond acceptors (Lipinski definition) is 2. The van der Waals surface area contributed by atoms with Crippen LogP contribution in [-0.4, -0.2) is 12.6 Å². The third kappa shape index (κ3) is 4.01. The normalized spacial score (nSPS) is 11.1. The summed E-state index contributed by atoms with van der Waals surface area (Å²) in [7, 11) is 0. The van der Waals surface area contributed by atoms with E-state index >= 15 is 0 Å².